The Labute approximate surface area is 101 Å². The van der Waals surface area contributed by atoms with Gasteiger partial charge in [0.05, 0.1) is 6.61 Å². The largest absolute Gasteiger partial charge is 0.492 e. The fourth-order valence-electron chi connectivity index (χ4n) is 1.65. The molecule has 0 aromatic heterocycles. The van der Waals surface area contributed by atoms with E-state index in [2.05, 4.69) is 11.2 Å². The molecule has 0 unspecified atom stereocenters. The van der Waals surface area contributed by atoms with Crippen molar-refractivity contribution in [1.29, 1.82) is 0 Å². The lowest BCUT2D eigenvalue weighted by molar-refractivity contribution is 0.173. The van der Waals surface area contributed by atoms with Gasteiger partial charge < -0.3 is 19.5 Å². The average Bonchev–Trinajstić information content (AvgIpc) is 2.77. The third kappa shape index (κ3) is 2.63. The highest BCUT2D eigenvalue weighted by Gasteiger charge is 2.17. The van der Waals surface area contributed by atoms with E-state index in [0.717, 1.165) is 22.8 Å². The molecule has 2 rings (SSSR count). The summed E-state index contributed by atoms with van der Waals surface area (Å²) in [5, 5.41) is 3.09. The van der Waals surface area contributed by atoms with E-state index in [-0.39, 0.29) is 6.79 Å². The summed E-state index contributed by atoms with van der Waals surface area (Å²) in [6.45, 7) is 1.48. The van der Waals surface area contributed by atoms with Crippen LogP contribution in [0.4, 0.5) is 0 Å². The van der Waals surface area contributed by atoms with Crippen LogP contribution in [0.25, 0.3) is 0 Å². The summed E-state index contributed by atoms with van der Waals surface area (Å²) < 4.78 is 16.3. The number of benzene rings is 1. The monoisotopic (exact) mass is 233 g/mol. The van der Waals surface area contributed by atoms with Crippen LogP contribution in [0.15, 0.2) is 12.1 Å². The molecule has 0 aliphatic carbocycles. The number of hydrogen-bond donors (Lipinski definition) is 1. The average molecular weight is 233 g/mol. The Kier molecular flexibility index (Phi) is 3.73. The van der Waals surface area contributed by atoms with Gasteiger partial charge in [-0.3, -0.25) is 0 Å². The molecule has 0 fully saturated rings. The summed E-state index contributed by atoms with van der Waals surface area (Å²) >= 11 is 0. The lowest BCUT2D eigenvalue weighted by Crippen LogP contribution is -2.08. The highest BCUT2D eigenvalue weighted by molar-refractivity contribution is 5.51. The molecule has 1 heterocycles. The Morgan fingerprint density at radius 2 is 2.18 bits per heavy atom. The van der Waals surface area contributed by atoms with E-state index in [1.807, 2.05) is 19.2 Å². The van der Waals surface area contributed by atoms with Crippen LogP contribution < -0.4 is 19.5 Å². The molecule has 4 nitrogen and oxygen atoms in total. The zero-order chi connectivity index (χ0) is 12.1. The van der Waals surface area contributed by atoms with Crippen LogP contribution in [-0.2, 0) is 6.54 Å². The Morgan fingerprint density at radius 1 is 1.41 bits per heavy atom. The molecule has 1 aliphatic rings. The minimum absolute atomic E-state index is 0.266. The molecule has 0 amide bonds. The first-order chi connectivity index (χ1) is 8.35. The van der Waals surface area contributed by atoms with E-state index in [4.69, 9.17) is 20.6 Å². The number of nitrogens with one attached hydrogen (secondary N) is 1. The Morgan fingerprint density at radius 3 is 2.88 bits per heavy atom. The minimum atomic E-state index is 0.266. The molecule has 1 aromatic carbocycles. The molecular formula is C13H15NO3. The summed E-state index contributed by atoms with van der Waals surface area (Å²) in [6.07, 6.45) is 5.78. The van der Waals surface area contributed by atoms with Gasteiger partial charge >= 0.3 is 0 Å². The van der Waals surface area contributed by atoms with Crippen LogP contribution in [0.5, 0.6) is 17.2 Å². The van der Waals surface area contributed by atoms with E-state index < -0.39 is 0 Å². The standard InChI is InChI=1S/C13H15NO3/c1-3-4-5-15-11-7-13-12(16-9-17-13)6-10(11)8-14-2/h1,6-7,14H,4-5,8-9H2,2H3. The van der Waals surface area contributed by atoms with Gasteiger partial charge in [0.15, 0.2) is 11.5 Å². The molecule has 0 saturated heterocycles. The molecule has 4 heteroatoms. The molecular weight excluding hydrogens is 218 g/mol. The van der Waals surface area contributed by atoms with Gasteiger partial charge in [0.1, 0.15) is 5.75 Å². The van der Waals surface area contributed by atoms with Crippen molar-refractivity contribution in [3.05, 3.63) is 17.7 Å². The van der Waals surface area contributed by atoms with Gasteiger partial charge in [-0.15, -0.1) is 12.3 Å². The second-order valence-electron chi connectivity index (χ2n) is 3.65. The fourth-order valence-corrected chi connectivity index (χ4v) is 1.65. The number of terminal acetylenes is 1. The molecule has 0 spiro atoms. The van der Waals surface area contributed by atoms with Crippen molar-refractivity contribution < 1.29 is 14.2 Å². The number of rotatable bonds is 5. The molecule has 0 bridgehead atoms. The molecule has 17 heavy (non-hydrogen) atoms. The summed E-state index contributed by atoms with van der Waals surface area (Å²) in [4.78, 5) is 0. The van der Waals surface area contributed by atoms with E-state index in [9.17, 15) is 0 Å². The first kappa shape index (κ1) is 11.6. The Balaban J connectivity index is 2.19. The first-order valence-corrected chi connectivity index (χ1v) is 5.48. The molecule has 1 N–H and O–H groups in total. The van der Waals surface area contributed by atoms with Crippen LogP contribution in [0.2, 0.25) is 0 Å². The minimum Gasteiger partial charge on any atom is -0.492 e. The normalized spacial score (nSPS) is 12.2. The number of hydrogen-bond acceptors (Lipinski definition) is 4. The van der Waals surface area contributed by atoms with Crippen molar-refractivity contribution in [3.8, 4) is 29.6 Å². The van der Waals surface area contributed by atoms with Crippen molar-refractivity contribution in [2.45, 2.75) is 13.0 Å². The number of fused-ring (bicyclic) bond motifs is 1. The quantitative estimate of drug-likeness (QED) is 0.618. The van der Waals surface area contributed by atoms with Crippen LogP contribution in [0, 0.1) is 12.3 Å². The van der Waals surface area contributed by atoms with Gasteiger partial charge in [-0.2, -0.15) is 0 Å². The zero-order valence-electron chi connectivity index (χ0n) is 9.79. The molecule has 1 aromatic rings. The number of ether oxygens (including phenoxy) is 3. The molecule has 1 aliphatic heterocycles. The van der Waals surface area contributed by atoms with Crippen LogP contribution in [-0.4, -0.2) is 20.4 Å². The maximum Gasteiger partial charge on any atom is 0.231 e. The predicted octanol–water partition coefficient (Wildman–Crippen LogP) is 1.54. The van der Waals surface area contributed by atoms with Gasteiger partial charge in [-0.1, -0.05) is 0 Å². The summed E-state index contributed by atoms with van der Waals surface area (Å²) in [6, 6.07) is 3.79. The van der Waals surface area contributed by atoms with Crippen molar-refractivity contribution in [1.82, 2.24) is 5.32 Å². The van der Waals surface area contributed by atoms with Crippen molar-refractivity contribution >= 4 is 0 Å². The van der Waals surface area contributed by atoms with Gasteiger partial charge in [-0.05, 0) is 13.1 Å². The fraction of sp³-hybridized carbons (Fsp3) is 0.385. The highest BCUT2D eigenvalue weighted by atomic mass is 16.7. The van der Waals surface area contributed by atoms with Gasteiger partial charge in [0, 0.05) is 24.6 Å². The molecule has 0 atom stereocenters. The summed E-state index contributed by atoms with van der Waals surface area (Å²) in [7, 11) is 1.88. The topological polar surface area (TPSA) is 39.7 Å². The second-order valence-corrected chi connectivity index (χ2v) is 3.65. The Bertz CT molecular complexity index is 437. The summed E-state index contributed by atoms with van der Waals surface area (Å²) in [5.41, 5.74) is 1.04. The SMILES string of the molecule is C#CCCOc1cc2c(cc1CNC)OCO2. The molecule has 0 saturated carbocycles. The summed E-state index contributed by atoms with van der Waals surface area (Å²) in [5.74, 6) is 4.82. The van der Waals surface area contributed by atoms with E-state index >= 15 is 0 Å². The second kappa shape index (κ2) is 5.46. The lowest BCUT2D eigenvalue weighted by Gasteiger charge is -2.11. The maximum atomic E-state index is 5.64. The third-order valence-corrected chi connectivity index (χ3v) is 2.43. The molecule has 90 valence electrons. The Hall–Kier alpha value is -1.86. The van der Waals surface area contributed by atoms with Crippen LogP contribution in [0.1, 0.15) is 12.0 Å². The lowest BCUT2D eigenvalue weighted by atomic mass is 10.1. The third-order valence-electron chi connectivity index (χ3n) is 2.43. The van der Waals surface area contributed by atoms with E-state index in [0.29, 0.717) is 19.6 Å². The maximum absolute atomic E-state index is 5.64. The van der Waals surface area contributed by atoms with Crippen LogP contribution >= 0.6 is 0 Å². The van der Waals surface area contributed by atoms with Gasteiger partial charge in [-0.25, -0.2) is 0 Å². The zero-order valence-corrected chi connectivity index (χ0v) is 9.79. The smallest absolute Gasteiger partial charge is 0.231 e. The van der Waals surface area contributed by atoms with Gasteiger partial charge in [0.25, 0.3) is 0 Å². The van der Waals surface area contributed by atoms with Crippen molar-refractivity contribution in [2.24, 2.45) is 0 Å². The molecule has 0 radical (unpaired) electrons. The van der Waals surface area contributed by atoms with Gasteiger partial charge in [0.2, 0.25) is 6.79 Å². The van der Waals surface area contributed by atoms with E-state index in [1.54, 1.807) is 0 Å². The highest BCUT2D eigenvalue weighted by Crippen LogP contribution is 2.38. The van der Waals surface area contributed by atoms with Crippen molar-refractivity contribution in [3.63, 3.8) is 0 Å². The first-order valence-electron chi connectivity index (χ1n) is 5.48. The predicted molar refractivity (Wildman–Crippen MR) is 64.3 cm³/mol. The van der Waals surface area contributed by atoms with E-state index in [1.165, 1.54) is 0 Å². The van der Waals surface area contributed by atoms with Crippen molar-refractivity contribution in [2.75, 3.05) is 20.4 Å². The van der Waals surface area contributed by atoms with Crippen LogP contribution in [0.3, 0.4) is 0 Å².